The van der Waals surface area contributed by atoms with Crippen LogP contribution in [0.25, 0.3) is 0 Å². The molecule has 2 aromatic rings. The van der Waals surface area contributed by atoms with Crippen LogP contribution >= 0.6 is 0 Å². The number of aliphatic hydroxyl groups excluding tert-OH is 1. The van der Waals surface area contributed by atoms with Crippen molar-refractivity contribution < 1.29 is 9.84 Å². The van der Waals surface area contributed by atoms with E-state index in [4.69, 9.17) is 4.74 Å². The van der Waals surface area contributed by atoms with Crippen LogP contribution in [0, 0.1) is 5.92 Å². The molecule has 26 heavy (non-hydrogen) atoms. The number of aliphatic hydroxyl groups is 1. The van der Waals surface area contributed by atoms with Gasteiger partial charge in [0.25, 0.3) is 0 Å². The molecule has 3 heteroatoms. The molecule has 0 saturated heterocycles. The molecular weight excluding hydrogens is 322 g/mol. The Morgan fingerprint density at radius 2 is 1.69 bits per heavy atom. The van der Waals surface area contributed by atoms with Crippen molar-refractivity contribution in [1.82, 2.24) is 5.32 Å². The molecule has 0 aromatic heterocycles. The van der Waals surface area contributed by atoms with E-state index in [1.165, 1.54) is 24.8 Å². The summed E-state index contributed by atoms with van der Waals surface area (Å²) in [5.74, 6) is 2.44. The van der Waals surface area contributed by atoms with Crippen LogP contribution in [-0.4, -0.2) is 17.8 Å². The summed E-state index contributed by atoms with van der Waals surface area (Å²) in [6, 6.07) is 19.1. The van der Waals surface area contributed by atoms with Crippen LogP contribution in [-0.2, 0) is 0 Å². The monoisotopic (exact) mass is 353 g/mol. The van der Waals surface area contributed by atoms with E-state index in [-0.39, 0.29) is 6.61 Å². The van der Waals surface area contributed by atoms with Crippen LogP contribution < -0.4 is 10.1 Å². The van der Waals surface area contributed by atoms with Gasteiger partial charge >= 0.3 is 0 Å². The Balaban J connectivity index is 1.66. The zero-order chi connectivity index (χ0) is 18.2. The van der Waals surface area contributed by atoms with E-state index in [2.05, 4.69) is 36.5 Å². The SMILES string of the molecule is CCCC(NC(CCO)C1CCC1)c1ccc(Oc2ccccc2)cc1. The zero-order valence-corrected chi connectivity index (χ0v) is 15.7. The van der Waals surface area contributed by atoms with E-state index < -0.39 is 0 Å². The summed E-state index contributed by atoms with van der Waals surface area (Å²) in [7, 11) is 0. The maximum absolute atomic E-state index is 9.44. The van der Waals surface area contributed by atoms with Gasteiger partial charge in [0.1, 0.15) is 11.5 Å². The second-order valence-electron chi connectivity index (χ2n) is 7.30. The molecule has 0 amide bonds. The van der Waals surface area contributed by atoms with E-state index in [0.29, 0.717) is 12.1 Å². The molecule has 3 nitrogen and oxygen atoms in total. The van der Waals surface area contributed by atoms with E-state index in [0.717, 1.165) is 36.7 Å². The Morgan fingerprint density at radius 3 is 2.27 bits per heavy atom. The van der Waals surface area contributed by atoms with Gasteiger partial charge in [-0.3, -0.25) is 0 Å². The van der Waals surface area contributed by atoms with Crippen LogP contribution in [0.4, 0.5) is 0 Å². The first kappa shape index (κ1) is 18.9. The molecule has 0 aliphatic heterocycles. The van der Waals surface area contributed by atoms with Gasteiger partial charge in [0.05, 0.1) is 0 Å². The Morgan fingerprint density at radius 1 is 1.00 bits per heavy atom. The largest absolute Gasteiger partial charge is 0.457 e. The molecule has 0 bridgehead atoms. The van der Waals surface area contributed by atoms with Gasteiger partial charge in [0, 0.05) is 18.7 Å². The lowest BCUT2D eigenvalue weighted by molar-refractivity contribution is 0.170. The molecule has 3 rings (SSSR count). The van der Waals surface area contributed by atoms with Gasteiger partial charge in [-0.15, -0.1) is 0 Å². The van der Waals surface area contributed by atoms with E-state index >= 15 is 0 Å². The summed E-state index contributed by atoms with van der Waals surface area (Å²) in [6.07, 6.45) is 7.00. The van der Waals surface area contributed by atoms with Gasteiger partial charge in [-0.1, -0.05) is 50.1 Å². The van der Waals surface area contributed by atoms with E-state index in [9.17, 15) is 5.11 Å². The van der Waals surface area contributed by atoms with Crippen LogP contribution in [0.1, 0.15) is 57.1 Å². The molecule has 1 fully saturated rings. The van der Waals surface area contributed by atoms with E-state index in [1.807, 2.05) is 30.3 Å². The lowest BCUT2D eigenvalue weighted by Crippen LogP contribution is -2.42. The fourth-order valence-electron chi connectivity index (χ4n) is 3.72. The third-order valence-corrected chi connectivity index (χ3v) is 5.41. The zero-order valence-electron chi connectivity index (χ0n) is 15.7. The number of benzene rings is 2. The normalized spacial score (nSPS) is 16.7. The van der Waals surface area contributed by atoms with Crippen molar-refractivity contribution in [3.63, 3.8) is 0 Å². The molecule has 2 unspecified atom stereocenters. The Kier molecular flexibility index (Phi) is 7.10. The lowest BCUT2D eigenvalue weighted by atomic mass is 9.78. The summed E-state index contributed by atoms with van der Waals surface area (Å²) in [6.45, 7) is 2.49. The van der Waals surface area contributed by atoms with Crippen LogP contribution in [0.15, 0.2) is 54.6 Å². The van der Waals surface area contributed by atoms with Crippen molar-refractivity contribution >= 4 is 0 Å². The molecular formula is C23H31NO2. The van der Waals surface area contributed by atoms with Gasteiger partial charge in [-0.05, 0) is 61.4 Å². The number of nitrogens with one attached hydrogen (secondary N) is 1. The minimum absolute atomic E-state index is 0.261. The van der Waals surface area contributed by atoms with Crippen LogP contribution in [0.5, 0.6) is 11.5 Å². The third kappa shape index (κ3) is 5.09. The van der Waals surface area contributed by atoms with Crippen molar-refractivity contribution in [3.8, 4) is 11.5 Å². The molecule has 140 valence electrons. The Bertz CT molecular complexity index is 637. The van der Waals surface area contributed by atoms with Crippen molar-refractivity contribution in [2.24, 2.45) is 5.92 Å². The predicted molar refractivity (Wildman–Crippen MR) is 107 cm³/mol. The summed E-state index contributed by atoms with van der Waals surface area (Å²) in [5.41, 5.74) is 1.30. The molecule has 2 aromatic carbocycles. The molecule has 2 N–H and O–H groups in total. The highest BCUT2D eigenvalue weighted by molar-refractivity contribution is 5.34. The van der Waals surface area contributed by atoms with Crippen molar-refractivity contribution in [1.29, 1.82) is 0 Å². The summed E-state index contributed by atoms with van der Waals surface area (Å²) in [4.78, 5) is 0. The van der Waals surface area contributed by atoms with Gasteiger partial charge in [-0.2, -0.15) is 0 Å². The quantitative estimate of drug-likeness (QED) is 0.596. The van der Waals surface area contributed by atoms with Crippen LogP contribution in [0.2, 0.25) is 0 Å². The van der Waals surface area contributed by atoms with Crippen molar-refractivity contribution in [2.75, 3.05) is 6.61 Å². The molecule has 0 spiro atoms. The maximum Gasteiger partial charge on any atom is 0.127 e. The topological polar surface area (TPSA) is 41.5 Å². The first-order valence-electron chi connectivity index (χ1n) is 10.00. The van der Waals surface area contributed by atoms with Gasteiger partial charge in [0.2, 0.25) is 0 Å². The average molecular weight is 354 g/mol. The first-order valence-corrected chi connectivity index (χ1v) is 10.00. The Labute approximate surface area is 157 Å². The molecule has 1 aliphatic carbocycles. The van der Waals surface area contributed by atoms with Gasteiger partial charge in [-0.25, -0.2) is 0 Å². The Hall–Kier alpha value is -1.84. The second kappa shape index (κ2) is 9.75. The summed E-state index contributed by atoms with van der Waals surface area (Å²) < 4.78 is 5.90. The minimum atomic E-state index is 0.261. The average Bonchev–Trinajstić information content (AvgIpc) is 2.62. The lowest BCUT2D eigenvalue weighted by Gasteiger charge is -2.37. The summed E-state index contributed by atoms with van der Waals surface area (Å²) >= 11 is 0. The highest BCUT2D eigenvalue weighted by atomic mass is 16.5. The van der Waals surface area contributed by atoms with Crippen molar-refractivity contribution in [2.45, 2.75) is 57.5 Å². The van der Waals surface area contributed by atoms with Gasteiger partial charge < -0.3 is 15.2 Å². The fraction of sp³-hybridized carbons (Fsp3) is 0.478. The fourth-order valence-corrected chi connectivity index (χ4v) is 3.72. The highest BCUT2D eigenvalue weighted by Gasteiger charge is 2.28. The standard InChI is InChI=1S/C23H31NO2/c1-2-7-22(24-23(16-17-25)18-8-6-9-18)19-12-14-21(15-13-19)26-20-10-4-3-5-11-20/h3-5,10-15,18,22-25H,2,6-9,16-17H2,1H3. The molecule has 1 aliphatic rings. The summed E-state index contributed by atoms with van der Waals surface area (Å²) in [5, 5.41) is 13.3. The number of hydrogen-bond donors (Lipinski definition) is 2. The predicted octanol–water partition coefficient (Wildman–Crippen LogP) is 5.46. The smallest absolute Gasteiger partial charge is 0.127 e. The maximum atomic E-state index is 9.44. The minimum Gasteiger partial charge on any atom is -0.457 e. The molecule has 2 atom stereocenters. The number of para-hydroxylation sites is 1. The highest BCUT2D eigenvalue weighted by Crippen LogP contribution is 2.33. The third-order valence-electron chi connectivity index (χ3n) is 5.41. The molecule has 0 radical (unpaired) electrons. The second-order valence-corrected chi connectivity index (χ2v) is 7.30. The van der Waals surface area contributed by atoms with Crippen LogP contribution in [0.3, 0.4) is 0 Å². The molecule has 0 heterocycles. The number of ether oxygens (including phenoxy) is 1. The van der Waals surface area contributed by atoms with Crippen molar-refractivity contribution in [3.05, 3.63) is 60.2 Å². The molecule has 1 saturated carbocycles. The van der Waals surface area contributed by atoms with E-state index in [1.54, 1.807) is 0 Å². The first-order chi connectivity index (χ1) is 12.8. The van der Waals surface area contributed by atoms with Gasteiger partial charge in [0.15, 0.2) is 0 Å². The number of hydrogen-bond acceptors (Lipinski definition) is 3. The number of rotatable bonds is 10.